The zero-order valence-corrected chi connectivity index (χ0v) is 10.6. The van der Waals surface area contributed by atoms with Crippen LogP contribution in [0.15, 0.2) is 12.1 Å². The zero-order valence-electron chi connectivity index (χ0n) is 10.6. The van der Waals surface area contributed by atoms with E-state index in [2.05, 4.69) is 0 Å². The van der Waals surface area contributed by atoms with Crippen LogP contribution >= 0.6 is 0 Å². The molecule has 0 saturated heterocycles. The van der Waals surface area contributed by atoms with E-state index in [1.165, 1.54) is 20.1 Å². The molecule has 0 aliphatic rings. The molecule has 1 unspecified atom stereocenters. The van der Waals surface area contributed by atoms with E-state index in [0.717, 1.165) is 0 Å². The van der Waals surface area contributed by atoms with Crippen LogP contribution in [0.4, 0.5) is 0 Å². The highest BCUT2D eigenvalue weighted by molar-refractivity contribution is 6.00. The number of phenols is 1. The molecular weight excluding hydrogens is 236 g/mol. The van der Waals surface area contributed by atoms with Gasteiger partial charge in [0, 0.05) is 12.0 Å². The molecule has 0 spiro atoms. The Balaban J connectivity index is 3.01. The summed E-state index contributed by atoms with van der Waals surface area (Å²) in [6.45, 7) is 3.08. The molecule has 0 aliphatic carbocycles. The van der Waals surface area contributed by atoms with Crippen LogP contribution in [0.1, 0.15) is 29.3 Å². The van der Waals surface area contributed by atoms with Gasteiger partial charge in [-0.25, -0.2) is 0 Å². The van der Waals surface area contributed by atoms with Crippen LogP contribution in [0.5, 0.6) is 11.5 Å². The van der Waals surface area contributed by atoms with E-state index in [4.69, 9.17) is 9.84 Å². The summed E-state index contributed by atoms with van der Waals surface area (Å²) in [7, 11) is 1.47. The van der Waals surface area contributed by atoms with Gasteiger partial charge in [-0.15, -0.1) is 0 Å². The van der Waals surface area contributed by atoms with Gasteiger partial charge < -0.3 is 14.9 Å². The van der Waals surface area contributed by atoms with E-state index < -0.39 is 17.7 Å². The SMILES string of the molecule is COc1ccc(C(=O)CC(C)C(=O)O)c(O)c1C. The van der Waals surface area contributed by atoms with Gasteiger partial charge in [-0.05, 0) is 19.1 Å². The second-order valence-corrected chi connectivity index (χ2v) is 4.16. The van der Waals surface area contributed by atoms with Gasteiger partial charge in [0.1, 0.15) is 11.5 Å². The number of aromatic hydroxyl groups is 1. The summed E-state index contributed by atoms with van der Waals surface area (Å²) in [5.74, 6) is -1.88. The first-order valence-electron chi connectivity index (χ1n) is 5.51. The average Bonchev–Trinajstić information content (AvgIpc) is 2.32. The number of methoxy groups -OCH3 is 1. The largest absolute Gasteiger partial charge is 0.507 e. The Kier molecular flexibility index (Phi) is 4.31. The van der Waals surface area contributed by atoms with E-state index >= 15 is 0 Å². The lowest BCUT2D eigenvalue weighted by molar-refractivity contribution is -0.141. The lowest BCUT2D eigenvalue weighted by Gasteiger charge is -2.11. The molecule has 5 heteroatoms. The molecule has 0 heterocycles. The second kappa shape index (κ2) is 5.53. The summed E-state index contributed by atoms with van der Waals surface area (Å²) < 4.78 is 5.01. The summed E-state index contributed by atoms with van der Waals surface area (Å²) in [4.78, 5) is 22.6. The summed E-state index contributed by atoms with van der Waals surface area (Å²) in [5, 5.41) is 18.6. The molecule has 1 aromatic carbocycles. The fourth-order valence-electron chi connectivity index (χ4n) is 1.60. The van der Waals surface area contributed by atoms with Crippen molar-refractivity contribution in [2.45, 2.75) is 20.3 Å². The fraction of sp³-hybridized carbons (Fsp3) is 0.385. The number of carbonyl (C=O) groups excluding carboxylic acids is 1. The van der Waals surface area contributed by atoms with E-state index in [9.17, 15) is 14.7 Å². The third-order valence-corrected chi connectivity index (χ3v) is 2.81. The predicted octanol–water partition coefficient (Wildman–Crippen LogP) is 2.00. The molecule has 98 valence electrons. The van der Waals surface area contributed by atoms with Crippen LogP contribution in [0.2, 0.25) is 0 Å². The molecular formula is C13H16O5. The fourth-order valence-corrected chi connectivity index (χ4v) is 1.60. The monoisotopic (exact) mass is 252 g/mol. The predicted molar refractivity (Wildman–Crippen MR) is 65.1 cm³/mol. The average molecular weight is 252 g/mol. The minimum absolute atomic E-state index is 0.126. The maximum atomic E-state index is 11.9. The Morgan fingerprint density at radius 1 is 1.39 bits per heavy atom. The van der Waals surface area contributed by atoms with Crippen LogP contribution in [0, 0.1) is 12.8 Å². The van der Waals surface area contributed by atoms with Gasteiger partial charge in [0.2, 0.25) is 0 Å². The topological polar surface area (TPSA) is 83.8 Å². The molecule has 1 aromatic rings. The van der Waals surface area contributed by atoms with Crippen molar-refractivity contribution < 1.29 is 24.5 Å². The van der Waals surface area contributed by atoms with Gasteiger partial charge in [0.15, 0.2) is 5.78 Å². The molecule has 1 rings (SSSR count). The lowest BCUT2D eigenvalue weighted by Crippen LogP contribution is -2.15. The molecule has 0 amide bonds. The van der Waals surface area contributed by atoms with Gasteiger partial charge in [0.05, 0.1) is 18.6 Å². The number of carboxylic acid groups (broad SMARTS) is 1. The normalized spacial score (nSPS) is 11.9. The lowest BCUT2D eigenvalue weighted by atomic mass is 9.97. The maximum Gasteiger partial charge on any atom is 0.306 e. The molecule has 0 radical (unpaired) electrons. The Bertz CT molecular complexity index is 479. The standard InChI is InChI=1S/C13H16O5/c1-7(13(16)17)6-10(14)9-4-5-11(18-3)8(2)12(9)15/h4-5,7,15H,6H2,1-3H3,(H,16,17). The van der Waals surface area contributed by atoms with Crippen molar-refractivity contribution in [3.05, 3.63) is 23.3 Å². The Labute approximate surface area is 105 Å². The minimum Gasteiger partial charge on any atom is -0.507 e. The van der Waals surface area contributed by atoms with Crippen LogP contribution in [0.25, 0.3) is 0 Å². The van der Waals surface area contributed by atoms with Crippen molar-refractivity contribution in [1.82, 2.24) is 0 Å². The number of ether oxygens (including phenoxy) is 1. The number of carboxylic acids is 1. The molecule has 0 saturated carbocycles. The third kappa shape index (κ3) is 2.80. The van der Waals surface area contributed by atoms with E-state index in [-0.39, 0.29) is 17.7 Å². The number of rotatable bonds is 5. The van der Waals surface area contributed by atoms with Crippen LogP contribution in [-0.2, 0) is 4.79 Å². The van der Waals surface area contributed by atoms with E-state index in [1.54, 1.807) is 13.0 Å². The van der Waals surface area contributed by atoms with Crippen molar-refractivity contribution in [1.29, 1.82) is 0 Å². The third-order valence-electron chi connectivity index (χ3n) is 2.81. The number of hydrogen-bond donors (Lipinski definition) is 2. The number of phenolic OH excluding ortho intramolecular Hbond substituents is 1. The highest BCUT2D eigenvalue weighted by atomic mass is 16.5. The smallest absolute Gasteiger partial charge is 0.306 e. The molecule has 0 aromatic heterocycles. The van der Waals surface area contributed by atoms with Crippen molar-refractivity contribution >= 4 is 11.8 Å². The van der Waals surface area contributed by atoms with Crippen LogP contribution in [0.3, 0.4) is 0 Å². The Morgan fingerprint density at radius 2 is 2.00 bits per heavy atom. The maximum absolute atomic E-state index is 11.9. The first-order chi connectivity index (χ1) is 8.38. The summed E-state index contributed by atoms with van der Waals surface area (Å²) >= 11 is 0. The van der Waals surface area contributed by atoms with Crippen molar-refractivity contribution in [2.24, 2.45) is 5.92 Å². The van der Waals surface area contributed by atoms with Crippen molar-refractivity contribution in [3.63, 3.8) is 0 Å². The molecule has 5 nitrogen and oxygen atoms in total. The van der Waals surface area contributed by atoms with Crippen LogP contribution < -0.4 is 4.74 Å². The van der Waals surface area contributed by atoms with Gasteiger partial charge in [-0.2, -0.15) is 0 Å². The van der Waals surface area contributed by atoms with Gasteiger partial charge in [-0.1, -0.05) is 6.92 Å². The molecule has 1 atom stereocenters. The summed E-state index contributed by atoms with van der Waals surface area (Å²) in [5.41, 5.74) is 0.590. The van der Waals surface area contributed by atoms with Crippen LogP contribution in [-0.4, -0.2) is 29.1 Å². The number of ketones is 1. The number of benzene rings is 1. The van der Waals surface area contributed by atoms with E-state index in [1.807, 2.05) is 0 Å². The zero-order chi connectivity index (χ0) is 13.9. The first-order valence-corrected chi connectivity index (χ1v) is 5.51. The van der Waals surface area contributed by atoms with Gasteiger partial charge in [-0.3, -0.25) is 9.59 Å². The molecule has 0 bridgehead atoms. The number of Topliss-reactive ketones (excluding diaryl/α,β-unsaturated/α-hetero) is 1. The van der Waals surface area contributed by atoms with E-state index in [0.29, 0.717) is 11.3 Å². The molecule has 0 aliphatic heterocycles. The highest BCUT2D eigenvalue weighted by Gasteiger charge is 2.21. The molecule has 2 N–H and O–H groups in total. The minimum atomic E-state index is -1.03. The summed E-state index contributed by atoms with van der Waals surface area (Å²) in [6.07, 6.45) is -0.144. The van der Waals surface area contributed by atoms with Gasteiger partial charge >= 0.3 is 5.97 Å². The first kappa shape index (κ1) is 14.0. The van der Waals surface area contributed by atoms with Gasteiger partial charge in [0.25, 0.3) is 0 Å². The molecule has 18 heavy (non-hydrogen) atoms. The number of carbonyl (C=O) groups is 2. The summed E-state index contributed by atoms with van der Waals surface area (Å²) in [6, 6.07) is 3.02. The second-order valence-electron chi connectivity index (χ2n) is 4.16. The number of aliphatic carboxylic acids is 1. The number of hydrogen-bond acceptors (Lipinski definition) is 4. The van der Waals surface area contributed by atoms with Crippen molar-refractivity contribution in [3.8, 4) is 11.5 Å². The quantitative estimate of drug-likeness (QED) is 0.783. The Morgan fingerprint density at radius 3 is 2.50 bits per heavy atom. The highest BCUT2D eigenvalue weighted by Crippen LogP contribution is 2.31. The van der Waals surface area contributed by atoms with Crippen molar-refractivity contribution in [2.75, 3.05) is 7.11 Å². The Hall–Kier alpha value is -2.04. The molecule has 0 fully saturated rings.